The van der Waals surface area contributed by atoms with Crippen LogP contribution in [0.4, 0.5) is 11.4 Å². The second kappa shape index (κ2) is 7.61. The highest BCUT2D eigenvalue weighted by atomic mass is 32.1. The molecule has 0 aromatic heterocycles. The third kappa shape index (κ3) is 3.65. The molecule has 4 rings (SSSR count). The highest BCUT2D eigenvalue weighted by Crippen LogP contribution is 2.42. The molecule has 0 saturated carbocycles. The molecule has 0 bridgehead atoms. The lowest BCUT2D eigenvalue weighted by atomic mass is 9.80. The van der Waals surface area contributed by atoms with Gasteiger partial charge < -0.3 is 4.90 Å². The molecule has 31 heavy (non-hydrogen) atoms. The van der Waals surface area contributed by atoms with Gasteiger partial charge in [0, 0.05) is 18.3 Å². The Hall–Kier alpha value is -2.99. The van der Waals surface area contributed by atoms with Gasteiger partial charge in [-0.05, 0) is 86.3 Å². The second-order valence-corrected chi connectivity index (χ2v) is 9.43. The first kappa shape index (κ1) is 21.2. The van der Waals surface area contributed by atoms with Gasteiger partial charge in [-0.3, -0.25) is 19.8 Å². The van der Waals surface area contributed by atoms with Crippen LogP contribution in [0, 0.1) is 6.92 Å². The van der Waals surface area contributed by atoms with Crippen molar-refractivity contribution in [3.05, 3.63) is 64.7 Å². The molecule has 5 nitrogen and oxygen atoms in total. The van der Waals surface area contributed by atoms with E-state index in [4.69, 9.17) is 12.2 Å². The Balaban J connectivity index is 1.74. The van der Waals surface area contributed by atoms with Crippen molar-refractivity contribution >= 4 is 46.6 Å². The summed E-state index contributed by atoms with van der Waals surface area (Å²) >= 11 is 5.31. The summed E-state index contributed by atoms with van der Waals surface area (Å²) in [7, 11) is 2.11. The average molecular weight is 434 g/mol. The number of benzene rings is 2. The van der Waals surface area contributed by atoms with E-state index in [2.05, 4.69) is 50.2 Å². The Morgan fingerprint density at radius 2 is 1.84 bits per heavy atom. The second-order valence-electron chi connectivity index (χ2n) is 9.04. The first-order valence-electron chi connectivity index (χ1n) is 10.4. The van der Waals surface area contributed by atoms with E-state index >= 15 is 0 Å². The van der Waals surface area contributed by atoms with E-state index in [1.54, 1.807) is 6.08 Å². The zero-order chi connectivity index (χ0) is 22.5. The fraction of sp³-hybridized carbons (Fsp3) is 0.320. The number of carbonyl (C=O) groups excluding carboxylic acids is 2. The number of hydrogen-bond donors (Lipinski definition) is 1. The summed E-state index contributed by atoms with van der Waals surface area (Å²) in [6, 6.07) is 13.6. The number of para-hydroxylation sites is 1. The molecule has 1 fully saturated rings. The van der Waals surface area contributed by atoms with Crippen LogP contribution in [0.1, 0.15) is 49.8 Å². The number of hydrogen-bond acceptors (Lipinski definition) is 4. The number of amides is 2. The van der Waals surface area contributed by atoms with Crippen LogP contribution >= 0.6 is 12.2 Å². The van der Waals surface area contributed by atoms with Crippen molar-refractivity contribution < 1.29 is 9.59 Å². The Morgan fingerprint density at radius 3 is 2.55 bits per heavy atom. The van der Waals surface area contributed by atoms with Crippen molar-refractivity contribution in [3.63, 3.8) is 0 Å². The molecule has 2 aromatic rings. The van der Waals surface area contributed by atoms with Gasteiger partial charge in [0.15, 0.2) is 5.11 Å². The summed E-state index contributed by atoms with van der Waals surface area (Å²) in [5.74, 6) is -0.498. The first-order chi connectivity index (χ1) is 14.6. The SMILES string of the molecule is Cc1ccccc1N1C(=O)/C(=C\c2ccc3c(c2)C(C)CC(C)(C)N3C)C(=O)NC1=S. The predicted octanol–water partition coefficient (Wildman–Crippen LogP) is 4.55. The minimum atomic E-state index is -0.469. The van der Waals surface area contributed by atoms with Gasteiger partial charge in [-0.15, -0.1) is 0 Å². The minimum Gasteiger partial charge on any atom is -0.369 e. The maximum atomic E-state index is 13.3. The van der Waals surface area contributed by atoms with Crippen LogP contribution in [0.25, 0.3) is 6.08 Å². The van der Waals surface area contributed by atoms with Crippen molar-refractivity contribution in [3.8, 4) is 0 Å². The highest BCUT2D eigenvalue weighted by Gasteiger charge is 2.36. The summed E-state index contributed by atoms with van der Waals surface area (Å²) in [4.78, 5) is 29.6. The molecule has 0 aliphatic carbocycles. The van der Waals surface area contributed by atoms with E-state index in [0.29, 0.717) is 11.6 Å². The molecular formula is C25H27N3O2S. The standard InChI is InChI=1S/C25H27N3O2S/c1-15-8-6-7-9-20(15)28-23(30)19(22(29)26-24(28)31)13-17-10-11-21-18(12-17)16(2)14-25(3,4)27(21)5/h6-13,16H,14H2,1-5H3,(H,26,29,31)/b19-13-. The summed E-state index contributed by atoms with van der Waals surface area (Å²) < 4.78 is 0. The van der Waals surface area contributed by atoms with Crippen LogP contribution in [0.3, 0.4) is 0 Å². The zero-order valence-electron chi connectivity index (χ0n) is 18.5. The molecule has 1 N–H and O–H groups in total. The van der Waals surface area contributed by atoms with Gasteiger partial charge in [-0.1, -0.05) is 31.2 Å². The zero-order valence-corrected chi connectivity index (χ0v) is 19.3. The van der Waals surface area contributed by atoms with Crippen LogP contribution in [0.5, 0.6) is 0 Å². The van der Waals surface area contributed by atoms with Gasteiger partial charge in [-0.25, -0.2) is 0 Å². The lowest BCUT2D eigenvalue weighted by molar-refractivity contribution is -0.122. The summed E-state index contributed by atoms with van der Waals surface area (Å²) in [5.41, 5.74) is 4.98. The van der Waals surface area contributed by atoms with Gasteiger partial charge in [-0.2, -0.15) is 0 Å². The van der Waals surface area contributed by atoms with Crippen molar-refractivity contribution in [1.29, 1.82) is 0 Å². The molecule has 1 unspecified atom stereocenters. The summed E-state index contributed by atoms with van der Waals surface area (Å²) in [6.45, 7) is 8.63. The first-order valence-corrected chi connectivity index (χ1v) is 10.9. The molecule has 2 aromatic carbocycles. The summed E-state index contributed by atoms with van der Waals surface area (Å²) in [5, 5.41) is 2.77. The van der Waals surface area contributed by atoms with Crippen molar-refractivity contribution in [1.82, 2.24) is 5.32 Å². The van der Waals surface area contributed by atoms with E-state index in [9.17, 15) is 9.59 Å². The molecule has 2 aliphatic heterocycles. The lowest BCUT2D eigenvalue weighted by Gasteiger charge is -2.45. The van der Waals surface area contributed by atoms with Crippen molar-refractivity contribution in [2.24, 2.45) is 0 Å². The molecule has 1 atom stereocenters. The van der Waals surface area contributed by atoms with Crippen LogP contribution in [0.15, 0.2) is 48.0 Å². The Kier molecular flexibility index (Phi) is 5.21. The maximum absolute atomic E-state index is 13.3. The Labute approximate surface area is 188 Å². The molecule has 1 saturated heterocycles. The fourth-order valence-corrected chi connectivity index (χ4v) is 4.82. The van der Waals surface area contributed by atoms with Gasteiger partial charge >= 0.3 is 0 Å². The van der Waals surface area contributed by atoms with Gasteiger partial charge in [0.1, 0.15) is 5.57 Å². The Morgan fingerprint density at radius 1 is 1.13 bits per heavy atom. The highest BCUT2D eigenvalue weighted by molar-refractivity contribution is 7.80. The number of fused-ring (bicyclic) bond motifs is 1. The average Bonchev–Trinajstić information content (AvgIpc) is 2.70. The van der Waals surface area contributed by atoms with Crippen molar-refractivity contribution in [2.45, 2.75) is 45.6 Å². The molecule has 0 spiro atoms. The quantitative estimate of drug-likeness (QED) is 0.429. The number of nitrogens with one attached hydrogen (secondary N) is 1. The third-order valence-electron chi connectivity index (χ3n) is 6.43. The number of nitrogens with zero attached hydrogens (tertiary/aromatic N) is 2. The lowest BCUT2D eigenvalue weighted by Crippen LogP contribution is -2.54. The van der Waals surface area contributed by atoms with E-state index in [1.165, 1.54) is 16.2 Å². The van der Waals surface area contributed by atoms with E-state index in [1.807, 2.05) is 37.3 Å². The topological polar surface area (TPSA) is 52.7 Å². The smallest absolute Gasteiger partial charge is 0.270 e. The molecule has 6 heteroatoms. The number of aryl methyl sites for hydroxylation is 1. The molecular weight excluding hydrogens is 406 g/mol. The monoisotopic (exact) mass is 433 g/mol. The number of thiocarbonyl (C=S) groups is 1. The number of carbonyl (C=O) groups is 2. The minimum absolute atomic E-state index is 0.0777. The van der Waals surface area contributed by atoms with Gasteiger partial charge in [0.2, 0.25) is 0 Å². The van der Waals surface area contributed by atoms with Crippen molar-refractivity contribution in [2.75, 3.05) is 16.8 Å². The number of anilines is 2. The van der Waals surface area contributed by atoms with E-state index in [0.717, 1.165) is 17.5 Å². The normalized spacial score (nSPS) is 21.9. The number of rotatable bonds is 2. The predicted molar refractivity (Wildman–Crippen MR) is 129 cm³/mol. The van der Waals surface area contributed by atoms with Crippen LogP contribution in [-0.2, 0) is 9.59 Å². The third-order valence-corrected chi connectivity index (χ3v) is 6.71. The fourth-order valence-electron chi connectivity index (χ4n) is 4.54. The van der Waals surface area contributed by atoms with Crippen LogP contribution < -0.4 is 15.1 Å². The molecule has 2 aliphatic rings. The summed E-state index contributed by atoms with van der Waals surface area (Å²) in [6.07, 6.45) is 2.70. The van der Waals surface area contributed by atoms with Crippen LogP contribution in [0.2, 0.25) is 0 Å². The molecule has 160 valence electrons. The maximum Gasteiger partial charge on any atom is 0.270 e. The van der Waals surface area contributed by atoms with Gasteiger partial charge in [0.25, 0.3) is 11.8 Å². The molecule has 2 heterocycles. The van der Waals surface area contributed by atoms with E-state index in [-0.39, 0.29) is 16.2 Å². The van der Waals surface area contributed by atoms with Gasteiger partial charge in [0.05, 0.1) is 5.69 Å². The van der Waals surface area contributed by atoms with Crippen LogP contribution in [-0.4, -0.2) is 29.5 Å². The van der Waals surface area contributed by atoms with E-state index < -0.39 is 11.8 Å². The largest absolute Gasteiger partial charge is 0.369 e. The molecule has 0 radical (unpaired) electrons. The Bertz CT molecular complexity index is 1140. The molecule has 2 amide bonds.